The first kappa shape index (κ1) is 10.4. The standard InChI is InChI=1S/C11H11N3O2/c1-7-3-4-12-6-9(7)11(15)13-10-5-8(2)16-14-10/h3-6H,1-2H3,(H,13,14,15). The Kier molecular flexibility index (Phi) is 2.68. The molecule has 0 unspecified atom stereocenters. The number of hydrogen-bond donors (Lipinski definition) is 1. The number of anilines is 1. The van der Waals surface area contributed by atoms with Gasteiger partial charge < -0.3 is 9.84 Å². The average Bonchev–Trinajstić information content (AvgIpc) is 2.64. The van der Waals surface area contributed by atoms with Crippen molar-refractivity contribution >= 4 is 11.7 Å². The molecule has 0 aliphatic carbocycles. The number of carbonyl (C=O) groups is 1. The first-order chi connectivity index (χ1) is 7.66. The van der Waals surface area contributed by atoms with Gasteiger partial charge in [-0.1, -0.05) is 5.16 Å². The fraction of sp³-hybridized carbons (Fsp3) is 0.182. The van der Waals surface area contributed by atoms with Crippen LogP contribution in [-0.4, -0.2) is 16.0 Å². The van der Waals surface area contributed by atoms with E-state index in [2.05, 4.69) is 15.5 Å². The third-order valence-corrected chi connectivity index (χ3v) is 2.15. The highest BCUT2D eigenvalue weighted by atomic mass is 16.5. The van der Waals surface area contributed by atoms with Gasteiger partial charge in [-0.15, -0.1) is 0 Å². The third-order valence-electron chi connectivity index (χ3n) is 2.15. The quantitative estimate of drug-likeness (QED) is 0.834. The number of amides is 1. The number of pyridine rings is 1. The summed E-state index contributed by atoms with van der Waals surface area (Å²) in [6.45, 7) is 3.61. The topological polar surface area (TPSA) is 68.0 Å². The van der Waals surface area contributed by atoms with E-state index < -0.39 is 0 Å². The molecular formula is C11H11N3O2. The Morgan fingerprint density at radius 3 is 2.88 bits per heavy atom. The van der Waals surface area contributed by atoms with Crippen LogP contribution in [0.3, 0.4) is 0 Å². The summed E-state index contributed by atoms with van der Waals surface area (Å²) in [4.78, 5) is 15.7. The molecule has 0 aliphatic heterocycles. The van der Waals surface area contributed by atoms with E-state index in [4.69, 9.17) is 4.52 Å². The van der Waals surface area contributed by atoms with E-state index >= 15 is 0 Å². The summed E-state index contributed by atoms with van der Waals surface area (Å²) < 4.78 is 4.85. The molecule has 0 radical (unpaired) electrons. The molecule has 0 aromatic carbocycles. The summed E-state index contributed by atoms with van der Waals surface area (Å²) in [5.74, 6) is 0.822. The van der Waals surface area contributed by atoms with Crippen LogP contribution in [-0.2, 0) is 0 Å². The average molecular weight is 217 g/mol. The number of aryl methyl sites for hydroxylation is 2. The molecule has 0 spiro atoms. The highest BCUT2D eigenvalue weighted by molar-refractivity contribution is 6.04. The van der Waals surface area contributed by atoms with Crippen molar-refractivity contribution in [2.45, 2.75) is 13.8 Å². The molecule has 82 valence electrons. The van der Waals surface area contributed by atoms with Gasteiger partial charge in [0.25, 0.3) is 5.91 Å². The molecule has 0 saturated heterocycles. The molecule has 2 aromatic rings. The van der Waals surface area contributed by atoms with E-state index in [1.807, 2.05) is 6.92 Å². The molecular weight excluding hydrogens is 206 g/mol. The zero-order valence-corrected chi connectivity index (χ0v) is 9.02. The minimum Gasteiger partial charge on any atom is -0.360 e. The van der Waals surface area contributed by atoms with Crippen LogP contribution in [0.4, 0.5) is 5.82 Å². The first-order valence-electron chi connectivity index (χ1n) is 4.82. The van der Waals surface area contributed by atoms with Crippen molar-refractivity contribution in [3.05, 3.63) is 41.4 Å². The molecule has 0 aliphatic rings. The molecule has 5 heteroatoms. The van der Waals surface area contributed by atoms with Crippen molar-refractivity contribution in [2.75, 3.05) is 5.32 Å². The molecule has 0 atom stereocenters. The van der Waals surface area contributed by atoms with Crippen molar-refractivity contribution in [3.8, 4) is 0 Å². The first-order valence-corrected chi connectivity index (χ1v) is 4.82. The molecule has 2 heterocycles. The summed E-state index contributed by atoms with van der Waals surface area (Å²) in [5.41, 5.74) is 1.40. The maximum absolute atomic E-state index is 11.8. The van der Waals surface area contributed by atoms with Crippen molar-refractivity contribution in [3.63, 3.8) is 0 Å². The lowest BCUT2D eigenvalue weighted by atomic mass is 10.1. The van der Waals surface area contributed by atoms with E-state index in [1.165, 1.54) is 6.20 Å². The largest absolute Gasteiger partial charge is 0.360 e. The predicted molar refractivity (Wildman–Crippen MR) is 58.2 cm³/mol. The van der Waals surface area contributed by atoms with Gasteiger partial charge in [0.15, 0.2) is 5.82 Å². The molecule has 2 aromatic heterocycles. The Labute approximate surface area is 92.5 Å². The van der Waals surface area contributed by atoms with Gasteiger partial charge in [0, 0.05) is 18.5 Å². The molecule has 5 nitrogen and oxygen atoms in total. The second-order valence-electron chi connectivity index (χ2n) is 3.47. The van der Waals surface area contributed by atoms with E-state index in [1.54, 1.807) is 25.3 Å². The Bertz CT molecular complexity index is 519. The van der Waals surface area contributed by atoms with Crippen molar-refractivity contribution in [1.82, 2.24) is 10.1 Å². The zero-order chi connectivity index (χ0) is 11.5. The Morgan fingerprint density at radius 1 is 1.44 bits per heavy atom. The summed E-state index contributed by atoms with van der Waals surface area (Å²) in [7, 11) is 0. The molecule has 16 heavy (non-hydrogen) atoms. The molecule has 1 amide bonds. The number of aromatic nitrogens is 2. The SMILES string of the molecule is Cc1cc(NC(=O)c2cnccc2C)no1. The summed E-state index contributed by atoms with van der Waals surface area (Å²) in [5, 5.41) is 6.32. The lowest BCUT2D eigenvalue weighted by molar-refractivity contribution is 0.102. The minimum atomic E-state index is -0.237. The van der Waals surface area contributed by atoms with Crippen molar-refractivity contribution in [2.24, 2.45) is 0 Å². The van der Waals surface area contributed by atoms with Gasteiger partial charge in [-0.25, -0.2) is 0 Å². The predicted octanol–water partition coefficient (Wildman–Crippen LogP) is 1.94. The van der Waals surface area contributed by atoms with Crippen LogP contribution in [0.2, 0.25) is 0 Å². The number of rotatable bonds is 2. The van der Waals surface area contributed by atoms with Crippen LogP contribution in [0, 0.1) is 13.8 Å². The summed E-state index contributed by atoms with van der Waals surface area (Å²) in [6.07, 6.45) is 3.17. The second kappa shape index (κ2) is 4.14. The Hall–Kier alpha value is -2.17. The van der Waals surface area contributed by atoms with Gasteiger partial charge >= 0.3 is 0 Å². The number of carbonyl (C=O) groups excluding carboxylic acids is 1. The normalized spacial score (nSPS) is 10.1. The summed E-state index contributed by atoms with van der Waals surface area (Å²) >= 11 is 0. The smallest absolute Gasteiger partial charge is 0.258 e. The van der Waals surface area contributed by atoms with Gasteiger partial charge in [0.2, 0.25) is 0 Å². The fourth-order valence-corrected chi connectivity index (χ4v) is 1.31. The highest BCUT2D eigenvalue weighted by Gasteiger charge is 2.10. The number of nitrogens with one attached hydrogen (secondary N) is 1. The van der Waals surface area contributed by atoms with Gasteiger partial charge in [0.05, 0.1) is 5.56 Å². The van der Waals surface area contributed by atoms with Crippen LogP contribution < -0.4 is 5.32 Å². The van der Waals surface area contributed by atoms with Gasteiger partial charge in [-0.2, -0.15) is 0 Å². The van der Waals surface area contributed by atoms with Gasteiger partial charge in [-0.05, 0) is 25.5 Å². The van der Waals surface area contributed by atoms with Crippen LogP contribution in [0.25, 0.3) is 0 Å². The summed E-state index contributed by atoms with van der Waals surface area (Å²) in [6, 6.07) is 3.44. The maximum atomic E-state index is 11.8. The number of hydrogen-bond acceptors (Lipinski definition) is 4. The third kappa shape index (κ3) is 2.08. The monoisotopic (exact) mass is 217 g/mol. The van der Waals surface area contributed by atoms with Crippen molar-refractivity contribution < 1.29 is 9.32 Å². The van der Waals surface area contributed by atoms with Gasteiger partial charge in [-0.3, -0.25) is 9.78 Å². The second-order valence-corrected chi connectivity index (χ2v) is 3.47. The van der Waals surface area contributed by atoms with E-state index in [0.29, 0.717) is 17.1 Å². The number of nitrogens with zero attached hydrogens (tertiary/aromatic N) is 2. The van der Waals surface area contributed by atoms with Crippen LogP contribution in [0.1, 0.15) is 21.7 Å². The molecule has 0 fully saturated rings. The Morgan fingerprint density at radius 2 is 2.25 bits per heavy atom. The Balaban J connectivity index is 2.18. The molecule has 1 N–H and O–H groups in total. The molecule has 0 saturated carbocycles. The van der Waals surface area contributed by atoms with Gasteiger partial charge in [0.1, 0.15) is 5.76 Å². The molecule has 2 rings (SSSR count). The fourth-order valence-electron chi connectivity index (χ4n) is 1.31. The van der Waals surface area contributed by atoms with E-state index in [0.717, 1.165) is 5.56 Å². The highest BCUT2D eigenvalue weighted by Crippen LogP contribution is 2.11. The maximum Gasteiger partial charge on any atom is 0.258 e. The lowest BCUT2D eigenvalue weighted by Crippen LogP contribution is -2.13. The van der Waals surface area contributed by atoms with Crippen LogP contribution >= 0.6 is 0 Å². The van der Waals surface area contributed by atoms with Crippen LogP contribution in [0.5, 0.6) is 0 Å². The van der Waals surface area contributed by atoms with Crippen molar-refractivity contribution in [1.29, 1.82) is 0 Å². The minimum absolute atomic E-state index is 0.237. The van der Waals surface area contributed by atoms with E-state index in [9.17, 15) is 4.79 Å². The molecule has 0 bridgehead atoms. The lowest BCUT2D eigenvalue weighted by Gasteiger charge is -2.03. The van der Waals surface area contributed by atoms with Crippen LogP contribution in [0.15, 0.2) is 29.0 Å². The van der Waals surface area contributed by atoms with E-state index in [-0.39, 0.29) is 5.91 Å². The zero-order valence-electron chi connectivity index (χ0n) is 9.02.